The molecule has 7 heteroatoms. The van der Waals surface area contributed by atoms with E-state index in [0.29, 0.717) is 12.8 Å². The third-order valence-electron chi connectivity index (χ3n) is 3.61. The molecule has 0 bridgehead atoms. The van der Waals surface area contributed by atoms with E-state index >= 15 is 0 Å². The second-order valence-electron chi connectivity index (χ2n) is 6.81. The fourth-order valence-corrected chi connectivity index (χ4v) is 2.44. The topological polar surface area (TPSA) is 105 Å². The van der Waals surface area contributed by atoms with E-state index in [0.717, 1.165) is 19.3 Å². The lowest BCUT2D eigenvalue weighted by Crippen LogP contribution is -2.59. The number of amides is 2. The van der Waals surface area contributed by atoms with Crippen molar-refractivity contribution in [3.63, 3.8) is 0 Å². The predicted molar refractivity (Wildman–Crippen MR) is 80.4 cm³/mol. The molecule has 1 aliphatic carbocycles. The van der Waals surface area contributed by atoms with Crippen molar-refractivity contribution in [3.05, 3.63) is 0 Å². The van der Waals surface area contributed by atoms with Crippen LogP contribution in [-0.2, 0) is 14.3 Å². The average molecular weight is 314 g/mol. The van der Waals surface area contributed by atoms with Crippen LogP contribution in [-0.4, -0.2) is 40.3 Å². The molecule has 0 aromatic carbocycles. The molecule has 0 spiro atoms. The Balaban J connectivity index is 2.62. The summed E-state index contributed by atoms with van der Waals surface area (Å²) in [5.74, 6) is -1.54. The van der Waals surface area contributed by atoms with Crippen LogP contribution in [0.5, 0.6) is 0 Å². The van der Waals surface area contributed by atoms with E-state index < -0.39 is 35.2 Å². The van der Waals surface area contributed by atoms with Crippen LogP contribution in [0, 0.1) is 0 Å². The lowest BCUT2D eigenvalue weighted by Gasteiger charge is -2.34. The first kappa shape index (κ1) is 18.3. The number of carbonyl (C=O) groups is 3. The largest absolute Gasteiger partial charge is 0.480 e. The summed E-state index contributed by atoms with van der Waals surface area (Å²) in [6.45, 7) is 6.66. The molecule has 7 nitrogen and oxygen atoms in total. The summed E-state index contributed by atoms with van der Waals surface area (Å²) in [5.41, 5.74) is -1.88. The van der Waals surface area contributed by atoms with Crippen molar-refractivity contribution in [2.24, 2.45) is 0 Å². The van der Waals surface area contributed by atoms with Gasteiger partial charge in [0.05, 0.1) is 0 Å². The zero-order chi connectivity index (χ0) is 17.0. The van der Waals surface area contributed by atoms with Gasteiger partial charge in [0.1, 0.15) is 17.2 Å². The number of hydrogen-bond donors (Lipinski definition) is 3. The molecule has 0 unspecified atom stereocenters. The van der Waals surface area contributed by atoms with Crippen molar-refractivity contribution in [3.8, 4) is 0 Å². The highest BCUT2D eigenvalue weighted by Gasteiger charge is 2.41. The Labute approximate surface area is 130 Å². The highest BCUT2D eigenvalue weighted by atomic mass is 16.6. The van der Waals surface area contributed by atoms with Gasteiger partial charge in [0.2, 0.25) is 5.91 Å². The Morgan fingerprint density at radius 2 is 1.68 bits per heavy atom. The van der Waals surface area contributed by atoms with Gasteiger partial charge in [-0.15, -0.1) is 0 Å². The molecule has 0 heterocycles. The van der Waals surface area contributed by atoms with E-state index in [-0.39, 0.29) is 0 Å². The number of ether oxygens (including phenoxy) is 1. The molecular formula is C15H26N2O5. The molecule has 1 rings (SSSR count). The molecule has 22 heavy (non-hydrogen) atoms. The smallest absolute Gasteiger partial charge is 0.408 e. The number of carboxylic acids is 1. The van der Waals surface area contributed by atoms with Crippen LogP contribution in [0.3, 0.4) is 0 Å². The van der Waals surface area contributed by atoms with Gasteiger partial charge in [-0.25, -0.2) is 9.59 Å². The number of aliphatic carboxylic acids is 1. The predicted octanol–water partition coefficient (Wildman–Crippen LogP) is 1.80. The quantitative estimate of drug-likeness (QED) is 0.734. The van der Waals surface area contributed by atoms with Crippen molar-refractivity contribution >= 4 is 18.0 Å². The molecule has 2 amide bonds. The second-order valence-corrected chi connectivity index (χ2v) is 6.81. The van der Waals surface area contributed by atoms with Crippen LogP contribution in [0.25, 0.3) is 0 Å². The van der Waals surface area contributed by atoms with Crippen LogP contribution >= 0.6 is 0 Å². The first-order chi connectivity index (χ1) is 10.1. The minimum atomic E-state index is -1.22. The van der Waals surface area contributed by atoms with Crippen molar-refractivity contribution in [2.75, 3.05) is 0 Å². The summed E-state index contributed by atoms with van der Waals surface area (Å²) in [6, 6.07) is -0.868. The maximum absolute atomic E-state index is 12.2. The molecule has 126 valence electrons. The van der Waals surface area contributed by atoms with Crippen molar-refractivity contribution < 1.29 is 24.2 Å². The lowest BCUT2D eigenvalue weighted by atomic mass is 9.81. The Kier molecular flexibility index (Phi) is 5.79. The molecular weight excluding hydrogens is 288 g/mol. The van der Waals surface area contributed by atoms with Gasteiger partial charge < -0.3 is 20.5 Å². The Morgan fingerprint density at radius 1 is 1.14 bits per heavy atom. The van der Waals surface area contributed by atoms with E-state index in [1.54, 1.807) is 20.8 Å². The Morgan fingerprint density at radius 3 is 2.14 bits per heavy atom. The van der Waals surface area contributed by atoms with Crippen LogP contribution in [0.4, 0.5) is 4.79 Å². The molecule has 1 saturated carbocycles. The zero-order valence-electron chi connectivity index (χ0n) is 13.7. The van der Waals surface area contributed by atoms with E-state index in [1.807, 2.05) is 0 Å². The number of carbonyl (C=O) groups excluding carboxylic acids is 2. The van der Waals surface area contributed by atoms with Crippen LogP contribution in [0.15, 0.2) is 0 Å². The maximum Gasteiger partial charge on any atom is 0.408 e. The summed E-state index contributed by atoms with van der Waals surface area (Å²) in [5, 5.41) is 14.4. The van der Waals surface area contributed by atoms with E-state index in [4.69, 9.17) is 4.74 Å². The fourth-order valence-electron chi connectivity index (χ4n) is 2.44. The maximum atomic E-state index is 12.2. The molecule has 0 aromatic heterocycles. The normalized spacial score (nSPS) is 18.9. The monoisotopic (exact) mass is 314 g/mol. The minimum absolute atomic E-state index is 0.410. The number of alkyl carbamates (subject to hydrolysis) is 1. The van der Waals surface area contributed by atoms with Gasteiger partial charge in [-0.2, -0.15) is 0 Å². The van der Waals surface area contributed by atoms with Gasteiger partial charge in [0, 0.05) is 0 Å². The minimum Gasteiger partial charge on any atom is -0.480 e. The van der Waals surface area contributed by atoms with Gasteiger partial charge >= 0.3 is 12.1 Å². The summed E-state index contributed by atoms with van der Waals surface area (Å²) in [4.78, 5) is 35.3. The SMILES string of the molecule is C[C@@H](NC(=O)OC(C)(C)C)C(=O)NC1(C(=O)O)CCCCC1. The zero-order valence-corrected chi connectivity index (χ0v) is 13.7. The molecule has 0 aromatic rings. The number of carboxylic acid groups (broad SMARTS) is 1. The fraction of sp³-hybridized carbons (Fsp3) is 0.800. The molecule has 0 saturated heterocycles. The third kappa shape index (κ3) is 5.20. The summed E-state index contributed by atoms with van der Waals surface area (Å²) >= 11 is 0. The molecule has 0 aliphatic heterocycles. The second kappa shape index (κ2) is 6.98. The first-order valence-corrected chi connectivity index (χ1v) is 7.61. The van der Waals surface area contributed by atoms with Gasteiger partial charge in [-0.3, -0.25) is 4.79 Å². The van der Waals surface area contributed by atoms with Gasteiger partial charge in [-0.1, -0.05) is 19.3 Å². The summed E-state index contributed by atoms with van der Waals surface area (Å²) in [7, 11) is 0. The average Bonchev–Trinajstić information content (AvgIpc) is 2.37. The molecule has 0 radical (unpaired) electrons. The number of hydrogen-bond acceptors (Lipinski definition) is 4. The van der Waals surface area contributed by atoms with Crippen molar-refractivity contribution in [1.29, 1.82) is 0 Å². The third-order valence-corrected chi connectivity index (χ3v) is 3.61. The van der Waals surface area contributed by atoms with E-state index in [1.165, 1.54) is 6.92 Å². The highest BCUT2D eigenvalue weighted by molar-refractivity contribution is 5.91. The first-order valence-electron chi connectivity index (χ1n) is 7.61. The molecule has 1 atom stereocenters. The van der Waals surface area contributed by atoms with E-state index in [9.17, 15) is 19.5 Å². The highest BCUT2D eigenvalue weighted by Crippen LogP contribution is 2.28. The molecule has 3 N–H and O–H groups in total. The molecule has 1 fully saturated rings. The summed E-state index contributed by atoms with van der Waals surface area (Å²) in [6.07, 6.45) is 2.61. The van der Waals surface area contributed by atoms with Crippen molar-refractivity contribution in [1.82, 2.24) is 10.6 Å². The molecule has 1 aliphatic rings. The van der Waals surface area contributed by atoms with Crippen LogP contribution in [0.1, 0.15) is 59.8 Å². The Hall–Kier alpha value is -1.79. The lowest BCUT2D eigenvalue weighted by molar-refractivity contribution is -0.149. The van der Waals surface area contributed by atoms with E-state index in [2.05, 4.69) is 10.6 Å². The van der Waals surface area contributed by atoms with Gasteiger partial charge in [-0.05, 0) is 40.5 Å². The number of nitrogens with one attached hydrogen (secondary N) is 2. The van der Waals surface area contributed by atoms with Crippen molar-refractivity contribution in [2.45, 2.75) is 77.0 Å². The van der Waals surface area contributed by atoms with Crippen LogP contribution < -0.4 is 10.6 Å². The van der Waals surface area contributed by atoms with Gasteiger partial charge in [0.25, 0.3) is 0 Å². The Bertz CT molecular complexity index is 436. The standard InChI is InChI=1S/C15H26N2O5/c1-10(16-13(21)22-14(2,3)4)11(18)17-15(12(19)20)8-6-5-7-9-15/h10H,5-9H2,1-4H3,(H,16,21)(H,17,18)(H,19,20)/t10-/m1/s1. The summed E-state index contributed by atoms with van der Waals surface area (Å²) < 4.78 is 5.07. The van der Waals surface area contributed by atoms with Crippen LogP contribution in [0.2, 0.25) is 0 Å². The number of rotatable bonds is 4. The van der Waals surface area contributed by atoms with Gasteiger partial charge in [0.15, 0.2) is 0 Å².